The number of thiazole rings is 1. The van der Waals surface area contributed by atoms with E-state index in [1.54, 1.807) is 19.2 Å². The van der Waals surface area contributed by atoms with Gasteiger partial charge in [-0.2, -0.15) is 0 Å². The summed E-state index contributed by atoms with van der Waals surface area (Å²) in [5.41, 5.74) is 1.39. The predicted molar refractivity (Wildman–Crippen MR) is 89.7 cm³/mol. The second-order valence-electron chi connectivity index (χ2n) is 5.39. The Morgan fingerprint density at radius 3 is 2.95 bits per heavy atom. The molecule has 0 spiro atoms. The average Bonchev–Trinajstić information content (AvgIpc) is 3.06. The molecule has 1 fully saturated rings. The minimum Gasteiger partial charge on any atom is -0.354 e. The van der Waals surface area contributed by atoms with Crippen molar-refractivity contribution in [2.45, 2.75) is 19.5 Å². The number of aromatic nitrogens is 2. The van der Waals surface area contributed by atoms with E-state index in [4.69, 9.17) is 5.41 Å². The topological polar surface area (TPSA) is 52.9 Å². The van der Waals surface area contributed by atoms with E-state index in [-0.39, 0.29) is 0 Å². The molecular weight excluding hydrogens is 299 g/mol. The van der Waals surface area contributed by atoms with Gasteiger partial charge in [0, 0.05) is 24.0 Å². The number of anilines is 1. The highest BCUT2D eigenvalue weighted by molar-refractivity contribution is 7.13. The van der Waals surface area contributed by atoms with E-state index < -0.39 is 6.17 Å². The van der Waals surface area contributed by atoms with E-state index in [0.29, 0.717) is 30.6 Å². The van der Waals surface area contributed by atoms with Gasteiger partial charge in [0.25, 0.3) is 0 Å². The van der Waals surface area contributed by atoms with Crippen molar-refractivity contribution in [2.75, 3.05) is 18.0 Å². The van der Waals surface area contributed by atoms with Crippen LogP contribution in [0.3, 0.4) is 0 Å². The quantitative estimate of drug-likeness (QED) is 0.881. The highest BCUT2D eigenvalue weighted by Crippen LogP contribution is 2.23. The van der Waals surface area contributed by atoms with Crippen LogP contribution >= 0.6 is 11.3 Å². The van der Waals surface area contributed by atoms with Gasteiger partial charge in [-0.05, 0) is 31.6 Å². The van der Waals surface area contributed by atoms with Gasteiger partial charge in [0.15, 0.2) is 0 Å². The summed E-state index contributed by atoms with van der Waals surface area (Å²) in [6.45, 7) is 6.77. The minimum absolute atomic E-state index is 0.421. The maximum Gasteiger partial charge on any atom is 0.128 e. The number of nitrogens with zero attached hydrogens (tertiary/aromatic N) is 3. The fourth-order valence-corrected chi connectivity index (χ4v) is 3.42. The molecule has 114 valence electrons. The van der Waals surface area contributed by atoms with Crippen molar-refractivity contribution in [3.63, 3.8) is 0 Å². The van der Waals surface area contributed by atoms with E-state index in [0.717, 1.165) is 20.9 Å². The van der Waals surface area contributed by atoms with Crippen molar-refractivity contribution < 1.29 is 4.39 Å². The third-order valence-corrected chi connectivity index (χ3v) is 4.62. The summed E-state index contributed by atoms with van der Waals surface area (Å²) in [4.78, 5) is 10.8. The number of rotatable bonds is 3. The summed E-state index contributed by atoms with van der Waals surface area (Å²) in [6, 6.07) is 3.86. The molecule has 6 heteroatoms. The van der Waals surface area contributed by atoms with Gasteiger partial charge in [-0.1, -0.05) is 6.58 Å². The molecule has 0 bridgehead atoms. The molecule has 4 nitrogen and oxygen atoms in total. The standard InChI is InChI=1S/C16H17FN4S/c1-10(18)7-14-11(2)20-16(22-14)12-3-4-15(19-8-12)21-6-5-13(17)9-21/h3-4,7-8,13,18H,2,5-6,9H2,1H3/b14-7+,18-10?. The van der Waals surface area contributed by atoms with Crippen LogP contribution in [0.1, 0.15) is 13.3 Å². The SMILES string of the molecule is C=c1nc(-c2ccc(N3CCC(F)C3)nc2)s/c1=C/C(C)=N. The zero-order valence-corrected chi connectivity index (χ0v) is 13.2. The summed E-state index contributed by atoms with van der Waals surface area (Å²) in [5.74, 6) is 0.803. The number of halogens is 1. The molecule has 1 N–H and O–H groups in total. The lowest BCUT2D eigenvalue weighted by Crippen LogP contribution is -2.20. The number of hydrogen-bond donors (Lipinski definition) is 1. The number of hydrogen-bond acceptors (Lipinski definition) is 5. The molecule has 0 aromatic carbocycles. The first kappa shape index (κ1) is 14.8. The van der Waals surface area contributed by atoms with Crippen LogP contribution in [0.15, 0.2) is 18.3 Å². The van der Waals surface area contributed by atoms with Crippen LogP contribution in [-0.4, -0.2) is 34.9 Å². The molecule has 1 unspecified atom stereocenters. The molecule has 1 aliphatic rings. The van der Waals surface area contributed by atoms with Gasteiger partial charge in [-0.3, -0.25) is 0 Å². The van der Waals surface area contributed by atoms with Crippen molar-refractivity contribution in [3.05, 3.63) is 28.2 Å². The molecular formula is C16H17FN4S. The zero-order valence-electron chi connectivity index (χ0n) is 12.3. The molecule has 0 saturated carbocycles. The van der Waals surface area contributed by atoms with Crippen LogP contribution in [0.4, 0.5) is 10.2 Å². The van der Waals surface area contributed by atoms with E-state index in [9.17, 15) is 4.39 Å². The van der Waals surface area contributed by atoms with Gasteiger partial charge in [0.1, 0.15) is 17.0 Å². The molecule has 1 atom stereocenters. The molecule has 0 radical (unpaired) electrons. The summed E-state index contributed by atoms with van der Waals surface area (Å²) in [7, 11) is 0. The Labute approximate surface area is 132 Å². The number of nitrogens with one attached hydrogen (secondary N) is 1. The summed E-state index contributed by atoms with van der Waals surface area (Å²) in [6.07, 6.45) is 3.34. The smallest absolute Gasteiger partial charge is 0.128 e. The first-order valence-corrected chi connectivity index (χ1v) is 7.92. The normalized spacial score (nSPS) is 18.9. The van der Waals surface area contributed by atoms with Crippen LogP contribution in [0.5, 0.6) is 0 Å². The summed E-state index contributed by atoms with van der Waals surface area (Å²) < 4.78 is 14.1. The molecule has 0 aliphatic carbocycles. The Balaban J connectivity index is 1.87. The Bertz CT molecular complexity index is 797. The monoisotopic (exact) mass is 316 g/mol. The lowest BCUT2D eigenvalue weighted by Gasteiger charge is -2.15. The zero-order chi connectivity index (χ0) is 15.7. The molecule has 1 saturated heterocycles. The highest BCUT2D eigenvalue weighted by Gasteiger charge is 2.22. The molecule has 2 aromatic heterocycles. The lowest BCUT2D eigenvalue weighted by molar-refractivity contribution is 0.364. The van der Waals surface area contributed by atoms with E-state index in [2.05, 4.69) is 16.5 Å². The number of pyridine rings is 1. The molecule has 2 aromatic rings. The van der Waals surface area contributed by atoms with Gasteiger partial charge in [-0.25, -0.2) is 14.4 Å². The molecule has 22 heavy (non-hydrogen) atoms. The van der Waals surface area contributed by atoms with Gasteiger partial charge in [0.2, 0.25) is 0 Å². The van der Waals surface area contributed by atoms with Crippen molar-refractivity contribution in [1.29, 1.82) is 5.41 Å². The Morgan fingerprint density at radius 1 is 1.55 bits per heavy atom. The first-order chi connectivity index (χ1) is 10.5. The highest BCUT2D eigenvalue weighted by atomic mass is 32.1. The Morgan fingerprint density at radius 2 is 2.36 bits per heavy atom. The minimum atomic E-state index is -0.753. The van der Waals surface area contributed by atoms with Gasteiger partial charge < -0.3 is 10.3 Å². The first-order valence-electron chi connectivity index (χ1n) is 7.11. The summed E-state index contributed by atoms with van der Waals surface area (Å²) in [5, 5.41) is 9.04. The van der Waals surface area contributed by atoms with E-state index in [1.165, 1.54) is 11.3 Å². The van der Waals surface area contributed by atoms with Crippen molar-refractivity contribution in [3.8, 4) is 10.6 Å². The molecule has 0 amide bonds. The van der Waals surface area contributed by atoms with Crippen LogP contribution in [0.25, 0.3) is 23.2 Å². The maximum absolute atomic E-state index is 13.2. The van der Waals surface area contributed by atoms with Gasteiger partial charge in [-0.15, -0.1) is 11.3 Å². The van der Waals surface area contributed by atoms with Crippen LogP contribution < -0.4 is 14.8 Å². The fourth-order valence-electron chi connectivity index (χ4n) is 2.42. The maximum atomic E-state index is 13.2. The van der Waals surface area contributed by atoms with Crippen LogP contribution in [0.2, 0.25) is 0 Å². The molecule has 1 aliphatic heterocycles. The second-order valence-corrected chi connectivity index (χ2v) is 6.43. The third-order valence-electron chi connectivity index (χ3n) is 3.52. The van der Waals surface area contributed by atoms with Crippen molar-refractivity contribution in [1.82, 2.24) is 9.97 Å². The van der Waals surface area contributed by atoms with E-state index in [1.807, 2.05) is 17.0 Å². The fraction of sp³-hybridized carbons (Fsp3) is 0.312. The lowest BCUT2D eigenvalue weighted by atomic mass is 10.3. The molecule has 3 rings (SSSR count). The predicted octanol–water partition coefficient (Wildman–Crippen LogP) is 1.98. The largest absolute Gasteiger partial charge is 0.354 e. The van der Waals surface area contributed by atoms with Crippen LogP contribution in [0, 0.1) is 5.41 Å². The average molecular weight is 316 g/mol. The van der Waals surface area contributed by atoms with Crippen LogP contribution in [-0.2, 0) is 0 Å². The number of alkyl halides is 1. The van der Waals surface area contributed by atoms with E-state index >= 15 is 0 Å². The Hall–Kier alpha value is -2.08. The second kappa shape index (κ2) is 5.96. The van der Waals surface area contributed by atoms with Crippen molar-refractivity contribution in [2.24, 2.45) is 0 Å². The van der Waals surface area contributed by atoms with Crippen molar-refractivity contribution >= 4 is 35.5 Å². The summed E-state index contributed by atoms with van der Waals surface area (Å²) >= 11 is 1.50. The third kappa shape index (κ3) is 3.06. The van der Waals surface area contributed by atoms with Gasteiger partial charge in [0.05, 0.1) is 16.4 Å². The molecule has 3 heterocycles. The van der Waals surface area contributed by atoms with Gasteiger partial charge >= 0.3 is 0 Å². The Kier molecular flexibility index (Phi) is 4.02.